The molecule has 36 heavy (non-hydrogen) atoms. The van der Waals surface area contributed by atoms with E-state index in [2.05, 4.69) is 40.2 Å². The van der Waals surface area contributed by atoms with Crippen molar-refractivity contribution in [1.29, 1.82) is 0 Å². The first-order valence-electron chi connectivity index (χ1n) is 12.3. The number of piperazine rings is 1. The Bertz CT molecular complexity index is 1140. The summed E-state index contributed by atoms with van der Waals surface area (Å²) in [5.41, 5.74) is 2.21. The van der Waals surface area contributed by atoms with Gasteiger partial charge in [-0.3, -0.25) is 14.9 Å². The molecule has 0 saturated carbocycles. The number of anilines is 2. The van der Waals surface area contributed by atoms with Gasteiger partial charge in [-0.15, -0.1) is 0 Å². The summed E-state index contributed by atoms with van der Waals surface area (Å²) in [5.74, 6) is 1.39. The van der Waals surface area contributed by atoms with Crippen LogP contribution >= 0.6 is 11.5 Å². The molecule has 1 fully saturated rings. The quantitative estimate of drug-likeness (QED) is 0.299. The van der Waals surface area contributed by atoms with Crippen LogP contribution in [0.5, 0.6) is 0 Å². The molecular weight excluding hydrogens is 476 g/mol. The Morgan fingerprint density at radius 3 is 2.42 bits per heavy atom. The van der Waals surface area contributed by atoms with Crippen molar-refractivity contribution >= 4 is 33.9 Å². The Balaban J connectivity index is 1.30. The number of amides is 1. The lowest BCUT2D eigenvalue weighted by Gasteiger charge is -2.36. The van der Waals surface area contributed by atoms with Gasteiger partial charge in [0.2, 0.25) is 11.0 Å². The molecule has 9 nitrogen and oxygen atoms in total. The summed E-state index contributed by atoms with van der Waals surface area (Å²) in [4.78, 5) is 34.5. The van der Waals surface area contributed by atoms with Crippen molar-refractivity contribution in [1.82, 2.24) is 14.3 Å². The predicted octanol–water partition coefficient (Wildman–Crippen LogP) is 4.24. The minimum absolute atomic E-state index is 0.0844. The van der Waals surface area contributed by atoms with E-state index >= 15 is 0 Å². The lowest BCUT2D eigenvalue weighted by Crippen LogP contribution is -2.49. The van der Waals surface area contributed by atoms with Crippen LogP contribution in [0.1, 0.15) is 31.7 Å². The molecule has 1 aromatic heterocycles. The Labute approximate surface area is 215 Å². The molecule has 1 aliphatic heterocycles. The van der Waals surface area contributed by atoms with Crippen LogP contribution in [0.25, 0.3) is 0 Å². The molecule has 1 amide bonds. The second kappa shape index (κ2) is 11.9. The van der Waals surface area contributed by atoms with Gasteiger partial charge in [-0.25, -0.2) is 4.98 Å². The van der Waals surface area contributed by atoms with Crippen LogP contribution in [0.15, 0.2) is 54.6 Å². The summed E-state index contributed by atoms with van der Waals surface area (Å²) >= 11 is 1.40. The molecule has 0 atom stereocenters. The van der Waals surface area contributed by atoms with Crippen LogP contribution in [0.3, 0.4) is 0 Å². The van der Waals surface area contributed by atoms with E-state index in [4.69, 9.17) is 4.98 Å². The Morgan fingerprint density at radius 2 is 1.78 bits per heavy atom. The van der Waals surface area contributed by atoms with Crippen molar-refractivity contribution in [3.05, 3.63) is 76.1 Å². The maximum absolute atomic E-state index is 13.0. The van der Waals surface area contributed by atoms with Crippen molar-refractivity contribution in [3.63, 3.8) is 0 Å². The molecule has 3 aromatic rings. The number of nitro groups is 1. The zero-order valence-corrected chi connectivity index (χ0v) is 21.6. The number of aromatic nitrogens is 2. The number of carbonyl (C=O) groups is 1. The molecule has 0 radical (unpaired) electrons. The third kappa shape index (κ3) is 6.78. The van der Waals surface area contributed by atoms with Gasteiger partial charge in [0.15, 0.2) is 0 Å². The van der Waals surface area contributed by atoms with Crippen LogP contribution in [-0.2, 0) is 11.2 Å². The zero-order chi connectivity index (χ0) is 25.5. The molecule has 0 unspecified atom stereocenters. The number of benzene rings is 2. The van der Waals surface area contributed by atoms with Gasteiger partial charge in [-0.05, 0) is 23.6 Å². The number of rotatable bonds is 10. The van der Waals surface area contributed by atoms with E-state index in [0.717, 1.165) is 23.2 Å². The average Bonchev–Trinajstić information content (AvgIpc) is 3.35. The number of hydrogen-bond acceptors (Lipinski definition) is 8. The summed E-state index contributed by atoms with van der Waals surface area (Å²) < 4.78 is 4.56. The van der Waals surface area contributed by atoms with Gasteiger partial charge in [0.1, 0.15) is 5.82 Å². The molecule has 2 heterocycles. The van der Waals surface area contributed by atoms with Crippen LogP contribution < -0.4 is 9.80 Å². The van der Waals surface area contributed by atoms with E-state index in [1.54, 1.807) is 12.1 Å². The first kappa shape index (κ1) is 25.6. The fraction of sp³-hybridized carbons (Fsp3) is 0.423. The molecule has 190 valence electrons. The molecule has 10 heteroatoms. The Hall–Kier alpha value is -3.53. The Morgan fingerprint density at radius 1 is 1.08 bits per heavy atom. The maximum atomic E-state index is 13.0. The molecule has 1 aliphatic rings. The van der Waals surface area contributed by atoms with E-state index in [1.165, 1.54) is 29.2 Å². The smallest absolute Gasteiger partial charge is 0.269 e. The first-order valence-corrected chi connectivity index (χ1v) is 13.0. The molecule has 0 aliphatic carbocycles. The highest BCUT2D eigenvalue weighted by Crippen LogP contribution is 2.23. The van der Waals surface area contributed by atoms with Gasteiger partial charge in [0, 0.05) is 81.5 Å². The second-order valence-corrected chi connectivity index (χ2v) is 10.1. The van der Waals surface area contributed by atoms with E-state index < -0.39 is 4.92 Å². The van der Waals surface area contributed by atoms with Gasteiger partial charge in [0.25, 0.3) is 5.69 Å². The topological polar surface area (TPSA) is 95.7 Å². The monoisotopic (exact) mass is 508 g/mol. The molecule has 0 N–H and O–H groups in total. The van der Waals surface area contributed by atoms with Crippen molar-refractivity contribution in [3.8, 4) is 0 Å². The highest BCUT2D eigenvalue weighted by molar-refractivity contribution is 7.09. The summed E-state index contributed by atoms with van der Waals surface area (Å²) in [6.07, 6.45) is 1.13. The van der Waals surface area contributed by atoms with Crippen LogP contribution in [0.2, 0.25) is 0 Å². The summed E-state index contributed by atoms with van der Waals surface area (Å²) in [5, 5.41) is 11.7. The highest BCUT2D eigenvalue weighted by Gasteiger charge is 2.23. The number of non-ortho nitro benzene ring substituents is 1. The second-order valence-electron chi connectivity index (χ2n) is 9.39. The summed E-state index contributed by atoms with van der Waals surface area (Å²) in [6.45, 7) is 8.45. The summed E-state index contributed by atoms with van der Waals surface area (Å²) in [6, 6.07) is 16.8. The minimum atomic E-state index is -0.394. The highest BCUT2D eigenvalue weighted by atomic mass is 32.1. The third-order valence-corrected chi connectivity index (χ3v) is 6.99. The van der Waals surface area contributed by atoms with E-state index in [0.29, 0.717) is 51.5 Å². The van der Waals surface area contributed by atoms with Gasteiger partial charge in [-0.2, -0.15) is 4.37 Å². The molecule has 2 aromatic carbocycles. The average molecular weight is 509 g/mol. The number of nitro benzene ring substituents is 1. The van der Waals surface area contributed by atoms with Crippen LogP contribution in [0, 0.1) is 16.0 Å². The minimum Gasteiger partial charge on any atom is -0.368 e. The molecule has 1 saturated heterocycles. The van der Waals surface area contributed by atoms with Crippen LogP contribution in [0.4, 0.5) is 16.5 Å². The summed E-state index contributed by atoms with van der Waals surface area (Å²) in [7, 11) is 0. The third-order valence-electron chi connectivity index (χ3n) is 6.17. The molecule has 4 rings (SSSR count). The van der Waals surface area contributed by atoms with Crippen molar-refractivity contribution < 1.29 is 9.72 Å². The fourth-order valence-corrected chi connectivity index (χ4v) is 5.04. The maximum Gasteiger partial charge on any atom is 0.269 e. The number of nitrogens with zero attached hydrogens (tertiary/aromatic N) is 6. The fourth-order valence-electron chi connectivity index (χ4n) is 4.32. The van der Waals surface area contributed by atoms with Gasteiger partial charge >= 0.3 is 0 Å². The molecule has 0 bridgehead atoms. The van der Waals surface area contributed by atoms with Crippen molar-refractivity contribution in [2.45, 2.75) is 26.7 Å². The van der Waals surface area contributed by atoms with E-state index in [1.807, 2.05) is 23.1 Å². The normalized spacial score (nSPS) is 13.8. The van der Waals surface area contributed by atoms with Gasteiger partial charge in [0.05, 0.1) is 4.92 Å². The lowest BCUT2D eigenvalue weighted by atomic mass is 10.1. The number of carbonyl (C=O) groups excluding carboxylic acids is 1. The number of hydrogen-bond donors (Lipinski definition) is 0. The standard InChI is InChI=1S/C26H32N6O3S/c1-20(2)19-31(26-27-24(28-36-26)18-21-6-4-3-5-7-21)13-12-25(33)30-16-14-29(15-17-30)22-8-10-23(11-9-22)32(34)35/h3-11,20H,12-19H2,1-2H3. The van der Waals surface area contributed by atoms with Gasteiger partial charge in [-0.1, -0.05) is 44.2 Å². The molecular formula is C26H32N6O3S. The Kier molecular flexibility index (Phi) is 8.48. The zero-order valence-electron chi connectivity index (χ0n) is 20.7. The largest absolute Gasteiger partial charge is 0.368 e. The molecule has 0 spiro atoms. The first-order chi connectivity index (χ1) is 17.4. The van der Waals surface area contributed by atoms with Crippen molar-refractivity contribution in [2.75, 3.05) is 49.1 Å². The van der Waals surface area contributed by atoms with Gasteiger partial charge < -0.3 is 14.7 Å². The van der Waals surface area contributed by atoms with Crippen LogP contribution in [-0.4, -0.2) is 64.4 Å². The SMILES string of the molecule is CC(C)CN(CCC(=O)N1CCN(c2ccc([N+](=O)[O-])cc2)CC1)c1nc(Cc2ccccc2)ns1. The lowest BCUT2D eigenvalue weighted by molar-refractivity contribution is -0.384. The van der Waals surface area contributed by atoms with E-state index in [-0.39, 0.29) is 11.6 Å². The van der Waals surface area contributed by atoms with E-state index in [9.17, 15) is 14.9 Å². The van der Waals surface area contributed by atoms with Crippen molar-refractivity contribution in [2.24, 2.45) is 5.92 Å². The predicted molar refractivity (Wildman–Crippen MR) is 143 cm³/mol.